The zero-order valence-corrected chi connectivity index (χ0v) is 12.6. The molecule has 3 rings (SSSR count). The van der Waals surface area contributed by atoms with E-state index in [1.54, 1.807) is 0 Å². The minimum atomic E-state index is 0.0215. The average Bonchev–Trinajstić information content (AvgIpc) is 2.86. The van der Waals surface area contributed by atoms with Gasteiger partial charge in [0.05, 0.1) is 0 Å². The Morgan fingerprint density at radius 2 is 2.11 bits per heavy atom. The van der Waals surface area contributed by atoms with Gasteiger partial charge >= 0.3 is 0 Å². The number of aromatic nitrogens is 2. The van der Waals surface area contributed by atoms with Gasteiger partial charge in [-0.3, -0.25) is 4.79 Å². The largest absolute Gasteiger partial charge is 0.333 e. The second-order valence-corrected chi connectivity index (χ2v) is 7.20. The summed E-state index contributed by atoms with van der Waals surface area (Å²) >= 11 is 6.96. The van der Waals surface area contributed by atoms with E-state index in [4.69, 9.17) is 11.6 Å². The molecule has 0 radical (unpaired) electrons. The molecule has 2 aliphatic rings. The molecule has 1 saturated carbocycles. The van der Waals surface area contributed by atoms with Gasteiger partial charge in [0, 0.05) is 12.6 Å². The quantitative estimate of drug-likeness (QED) is 0.800. The van der Waals surface area contributed by atoms with Gasteiger partial charge in [-0.1, -0.05) is 31.1 Å². The zero-order chi connectivity index (χ0) is 13.4. The molecule has 1 amide bonds. The molecular weight excluding hydrogens is 282 g/mol. The van der Waals surface area contributed by atoms with Crippen molar-refractivity contribution in [2.45, 2.75) is 45.1 Å². The molecule has 0 N–H and O–H groups in total. The molecule has 19 heavy (non-hydrogen) atoms. The molecule has 3 atom stereocenters. The van der Waals surface area contributed by atoms with Crippen molar-refractivity contribution in [1.29, 1.82) is 0 Å². The number of amides is 1. The maximum atomic E-state index is 12.5. The fourth-order valence-electron chi connectivity index (χ4n) is 3.58. The highest BCUT2D eigenvalue weighted by Gasteiger charge is 2.40. The minimum absolute atomic E-state index is 0.0215. The highest BCUT2D eigenvalue weighted by Crippen LogP contribution is 2.39. The summed E-state index contributed by atoms with van der Waals surface area (Å²) < 4.78 is 0.342. The third-order valence-electron chi connectivity index (χ3n) is 4.58. The molecule has 1 aromatic rings. The third kappa shape index (κ3) is 2.50. The van der Waals surface area contributed by atoms with E-state index in [1.165, 1.54) is 30.6 Å². The molecule has 1 aliphatic carbocycles. The molecule has 2 fully saturated rings. The summed E-state index contributed by atoms with van der Waals surface area (Å²) in [4.78, 5) is 14.6. The van der Waals surface area contributed by atoms with Gasteiger partial charge in [0.15, 0.2) is 0 Å². The number of hydrogen-bond acceptors (Lipinski definition) is 4. The maximum absolute atomic E-state index is 12.5. The smallest absolute Gasteiger partial charge is 0.285 e. The van der Waals surface area contributed by atoms with Crippen LogP contribution < -0.4 is 0 Å². The third-order valence-corrected chi connectivity index (χ3v) is 5.59. The topological polar surface area (TPSA) is 46.1 Å². The van der Waals surface area contributed by atoms with Crippen LogP contribution in [0.3, 0.4) is 0 Å². The predicted octanol–water partition coefficient (Wildman–Crippen LogP) is 3.23. The molecule has 6 heteroatoms. The summed E-state index contributed by atoms with van der Waals surface area (Å²) in [6.45, 7) is 3.17. The van der Waals surface area contributed by atoms with Gasteiger partial charge in [0.25, 0.3) is 5.91 Å². The lowest BCUT2D eigenvalue weighted by Gasteiger charge is -2.47. The number of nitrogens with zero attached hydrogens (tertiary/aromatic N) is 3. The van der Waals surface area contributed by atoms with Crippen LogP contribution in [0, 0.1) is 11.8 Å². The van der Waals surface area contributed by atoms with E-state index in [0.29, 0.717) is 21.4 Å². The molecule has 0 spiro atoms. The monoisotopic (exact) mass is 299 g/mol. The first-order valence-electron chi connectivity index (χ1n) is 6.97. The van der Waals surface area contributed by atoms with Crippen LogP contribution in [-0.4, -0.2) is 33.6 Å². The average molecular weight is 300 g/mol. The number of hydrogen-bond donors (Lipinski definition) is 0. The lowest BCUT2D eigenvalue weighted by Crippen LogP contribution is -2.52. The van der Waals surface area contributed by atoms with E-state index in [1.807, 2.05) is 4.90 Å². The maximum Gasteiger partial charge on any atom is 0.285 e. The van der Waals surface area contributed by atoms with Gasteiger partial charge < -0.3 is 4.90 Å². The summed E-state index contributed by atoms with van der Waals surface area (Å²) in [5, 5.41) is 8.07. The zero-order valence-electron chi connectivity index (χ0n) is 11.0. The van der Waals surface area contributed by atoms with Gasteiger partial charge in [-0.25, -0.2) is 0 Å². The van der Waals surface area contributed by atoms with Gasteiger partial charge in [0.2, 0.25) is 9.47 Å². The Bertz CT molecular complexity index is 478. The number of fused-ring (bicyclic) bond motifs is 1. The first-order chi connectivity index (χ1) is 9.16. The first kappa shape index (κ1) is 13.3. The van der Waals surface area contributed by atoms with Crippen LogP contribution in [0.1, 0.15) is 48.8 Å². The Kier molecular flexibility index (Phi) is 3.76. The minimum Gasteiger partial charge on any atom is -0.333 e. The van der Waals surface area contributed by atoms with Crippen LogP contribution >= 0.6 is 22.9 Å². The van der Waals surface area contributed by atoms with E-state index >= 15 is 0 Å². The standard InChI is InChI=1S/C13H18ClN3OS/c1-8-6-7-17(10-5-3-2-4-9(8)10)12(18)11-15-16-13(14)19-11/h8-10H,2-7H2,1H3. The number of likely N-dealkylation sites (tertiary alicyclic amines) is 1. The van der Waals surface area contributed by atoms with Crippen LogP contribution in [0.4, 0.5) is 0 Å². The van der Waals surface area contributed by atoms with Gasteiger partial charge in [-0.05, 0) is 42.7 Å². The van der Waals surface area contributed by atoms with Crippen molar-refractivity contribution in [3.05, 3.63) is 9.47 Å². The Morgan fingerprint density at radius 3 is 2.84 bits per heavy atom. The number of piperidine rings is 1. The van der Waals surface area contributed by atoms with E-state index in [-0.39, 0.29) is 5.91 Å². The number of carbonyl (C=O) groups excluding carboxylic acids is 1. The second kappa shape index (κ2) is 5.37. The lowest BCUT2D eigenvalue weighted by molar-refractivity contribution is 0.0217. The van der Waals surface area contributed by atoms with Crippen LogP contribution in [0.5, 0.6) is 0 Å². The Balaban J connectivity index is 1.81. The van der Waals surface area contributed by atoms with E-state index in [2.05, 4.69) is 17.1 Å². The highest BCUT2D eigenvalue weighted by atomic mass is 35.5. The van der Waals surface area contributed by atoms with Crippen LogP contribution in [0.25, 0.3) is 0 Å². The fourth-order valence-corrected chi connectivity index (χ4v) is 4.36. The van der Waals surface area contributed by atoms with Crippen LogP contribution in [0.2, 0.25) is 4.47 Å². The highest BCUT2D eigenvalue weighted by molar-refractivity contribution is 7.17. The van der Waals surface area contributed by atoms with E-state index in [9.17, 15) is 4.79 Å². The van der Waals surface area contributed by atoms with Crippen molar-refractivity contribution in [3.8, 4) is 0 Å². The summed E-state index contributed by atoms with van der Waals surface area (Å²) in [6, 6.07) is 0.396. The molecule has 0 aromatic carbocycles. The first-order valence-corrected chi connectivity index (χ1v) is 8.16. The van der Waals surface area contributed by atoms with Gasteiger partial charge in [-0.2, -0.15) is 0 Å². The van der Waals surface area contributed by atoms with Crippen molar-refractivity contribution in [3.63, 3.8) is 0 Å². The fraction of sp³-hybridized carbons (Fsp3) is 0.769. The summed E-state index contributed by atoms with van der Waals surface area (Å²) in [5.41, 5.74) is 0. The van der Waals surface area contributed by atoms with Gasteiger partial charge in [0.1, 0.15) is 0 Å². The van der Waals surface area contributed by atoms with Crippen LogP contribution in [-0.2, 0) is 0 Å². The number of halogens is 1. The van der Waals surface area contributed by atoms with E-state index < -0.39 is 0 Å². The van der Waals surface area contributed by atoms with Crippen molar-refractivity contribution >= 4 is 28.8 Å². The molecule has 1 aromatic heterocycles. The molecule has 1 saturated heterocycles. The van der Waals surface area contributed by atoms with Crippen molar-refractivity contribution in [2.24, 2.45) is 11.8 Å². The SMILES string of the molecule is CC1CCN(C(=O)c2nnc(Cl)s2)C2CCCCC12. The Hall–Kier alpha value is -0.680. The van der Waals surface area contributed by atoms with E-state index in [0.717, 1.165) is 25.3 Å². The van der Waals surface area contributed by atoms with Crippen molar-refractivity contribution in [2.75, 3.05) is 6.54 Å². The molecule has 3 unspecified atom stereocenters. The van der Waals surface area contributed by atoms with Crippen molar-refractivity contribution in [1.82, 2.24) is 15.1 Å². The number of carbonyl (C=O) groups is 1. The predicted molar refractivity (Wildman–Crippen MR) is 75.5 cm³/mol. The summed E-state index contributed by atoms with van der Waals surface area (Å²) in [7, 11) is 0. The Labute approximate surface area is 122 Å². The molecule has 1 aliphatic heterocycles. The summed E-state index contributed by atoms with van der Waals surface area (Å²) in [5.74, 6) is 1.41. The molecular formula is C13H18ClN3OS. The summed E-state index contributed by atoms with van der Waals surface area (Å²) in [6.07, 6.45) is 6.02. The normalized spacial score (nSPS) is 31.1. The van der Waals surface area contributed by atoms with Crippen LogP contribution in [0.15, 0.2) is 0 Å². The van der Waals surface area contributed by atoms with Crippen molar-refractivity contribution < 1.29 is 4.79 Å². The molecule has 104 valence electrons. The van der Waals surface area contributed by atoms with Gasteiger partial charge in [-0.15, -0.1) is 10.2 Å². The lowest BCUT2D eigenvalue weighted by atomic mass is 9.72. The number of rotatable bonds is 1. The molecule has 2 heterocycles. The molecule has 4 nitrogen and oxygen atoms in total. The molecule has 0 bridgehead atoms. The Morgan fingerprint density at radius 1 is 1.32 bits per heavy atom. The second-order valence-electron chi connectivity index (χ2n) is 5.64.